The summed E-state index contributed by atoms with van der Waals surface area (Å²) >= 11 is 0. The van der Waals surface area contributed by atoms with Crippen LogP contribution in [-0.2, 0) is 53.3 Å². The van der Waals surface area contributed by atoms with Crippen molar-refractivity contribution in [3.63, 3.8) is 0 Å². The summed E-state index contributed by atoms with van der Waals surface area (Å²) in [5.74, 6) is -3.35. The van der Waals surface area contributed by atoms with E-state index in [0.29, 0.717) is 72.0 Å². The first-order chi connectivity index (χ1) is 52.5. The molecule has 0 radical (unpaired) electrons. The Labute approximate surface area is 630 Å². The van der Waals surface area contributed by atoms with Crippen LogP contribution in [-0.4, -0.2) is 168 Å². The molecule has 29 nitrogen and oxygen atoms in total. The molecule has 9 amide bonds. The Bertz CT molecular complexity index is 4600. The van der Waals surface area contributed by atoms with Gasteiger partial charge in [0.1, 0.15) is 18.7 Å². The first-order valence-electron chi connectivity index (χ1n) is 36.7. The van der Waals surface area contributed by atoms with Crippen molar-refractivity contribution < 1.29 is 77.0 Å². The Balaban J connectivity index is 0.568. The number of benzene rings is 6. The van der Waals surface area contributed by atoms with Crippen LogP contribution < -0.4 is 71.6 Å². The number of carbonyl (C=O) groups excluding carboxylic acids is 9. The summed E-state index contributed by atoms with van der Waals surface area (Å²) in [4.78, 5) is 130. The van der Waals surface area contributed by atoms with E-state index in [0.717, 1.165) is 62.5 Å². The second-order valence-electron chi connectivity index (χ2n) is 29.0. The van der Waals surface area contributed by atoms with Crippen molar-refractivity contribution in [3.05, 3.63) is 172 Å². The van der Waals surface area contributed by atoms with Crippen molar-refractivity contribution in [2.45, 2.75) is 136 Å². The van der Waals surface area contributed by atoms with Gasteiger partial charge in [-0.05, 0) is 116 Å². The molecule has 0 bridgehead atoms. The average Bonchev–Trinajstić information content (AvgIpc) is 1.56. The van der Waals surface area contributed by atoms with Crippen molar-refractivity contribution >= 4 is 93.1 Å². The number of hydrazine groups is 2. The Morgan fingerprint density at radius 1 is 0.688 bits per heavy atom. The van der Waals surface area contributed by atoms with Crippen LogP contribution in [0.2, 0.25) is 0 Å². The summed E-state index contributed by atoms with van der Waals surface area (Å²) < 4.78 is 29.9. The highest BCUT2D eigenvalue weighted by atomic mass is 16.6. The van der Waals surface area contributed by atoms with Crippen LogP contribution in [0.4, 0.5) is 27.5 Å². The molecule has 10 N–H and O–H groups in total. The van der Waals surface area contributed by atoms with Crippen LogP contribution in [0.3, 0.4) is 0 Å². The molecule has 1 unspecified atom stereocenters. The number of nitrogens with zero attached hydrogens (tertiary/aromatic N) is 5. The van der Waals surface area contributed by atoms with Gasteiger partial charge >= 0.3 is 6.09 Å². The minimum atomic E-state index is -1.51. The number of aliphatic hydroxyl groups excluding tert-OH is 2. The van der Waals surface area contributed by atoms with Gasteiger partial charge in [-0.2, -0.15) is 0 Å². The molecule has 1 saturated heterocycles. The molecule has 1 spiro atoms. The molecular weight excluding hydrogens is 1400 g/mol. The minimum absolute atomic E-state index is 0.0528. The number of rotatable bonds is 26. The number of nitrogens with one attached hydrogen (secondary N) is 8. The van der Waals surface area contributed by atoms with E-state index >= 15 is 0 Å². The summed E-state index contributed by atoms with van der Waals surface area (Å²) in [6.45, 7) is 9.02. The summed E-state index contributed by atoms with van der Waals surface area (Å²) in [5, 5.41) is 40.2. The molecule has 29 heteroatoms. The van der Waals surface area contributed by atoms with Crippen molar-refractivity contribution in [2.24, 2.45) is 11.3 Å². The van der Waals surface area contributed by atoms with E-state index < -0.39 is 79.0 Å². The number of hydrogen-bond acceptors (Lipinski definition) is 20. The van der Waals surface area contributed by atoms with Gasteiger partial charge in [0.2, 0.25) is 35.4 Å². The fraction of sp³-hybridized carbons (Fsp3) is 0.388. The van der Waals surface area contributed by atoms with Gasteiger partial charge in [0.15, 0.2) is 29.2 Å². The van der Waals surface area contributed by atoms with E-state index in [-0.39, 0.29) is 104 Å². The number of ether oxygens (including phenoxy) is 5. The Hall–Kier alpha value is -11.7. The third kappa shape index (κ3) is 16.3. The highest BCUT2D eigenvalue weighted by molar-refractivity contribution is 6.07. The van der Waals surface area contributed by atoms with Crippen molar-refractivity contribution in [1.82, 2.24) is 47.0 Å². The van der Waals surface area contributed by atoms with Gasteiger partial charge in [-0.25, -0.2) is 9.69 Å². The summed E-state index contributed by atoms with van der Waals surface area (Å²) in [6.07, 6.45) is 2.30. The summed E-state index contributed by atoms with van der Waals surface area (Å²) in [5.41, 5.74) is 16.4. The molecule has 0 aromatic heterocycles. The molecule has 6 aliphatic heterocycles. The van der Waals surface area contributed by atoms with Crippen LogP contribution in [0.15, 0.2) is 128 Å². The average molecular weight is 1490 g/mol. The quantitative estimate of drug-likeness (QED) is 0.0247. The molecule has 1 saturated carbocycles. The van der Waals surface area contributed by atoms with Crippen LogP contribution in [0, 0.1) is 11.3 Å². The Morgan fingerprint density at radius 3 is 2.06 bits per heavy atom. The lowest BCUT2D eigenvalue weighted by atomic mass is 9.95. The van der Waals surface area contributed by atoms with Crippen molar-refractivity contribution in [2.75, 3.05) is 74.0 Å². The zero-order chi connectivity index (χ0) is 76.9. The molecule has 13 rings (SSSR count). The lowest BCUT2D eigenvalue weighted by molar-refractivity contribution is -0.132. The van der Waals surface area contributed by atoms with Gasteiger partial charge in [0.05, 0.1) is 105 Å². The molecule has 2 fully saturated rings. The van der Waals surface area contributed by atoms with Crippen LogP contribution in [0.1, 0.15) is 134 Å². The number of anilines is 4. The molecule has 109 heavy (non-hydrogen) atoms. The molecular formula is C80H91N13O16. The van der Waals surface area contributed by atoms with Gasteiger partial charge in [-0.1, -0.05) is 92.7 Å². The summed E-state index contributed by atoms with van der Waals surface area (Å²) in [7, 11) is 2.93. The SMILES string of the molecule is COc1cc2c(cc1OCCCOc1cc3c(cc1OC)C(=O)N1CC4(CC4)C[C@H]1C(O)N3C(=O)OCc1ccc(NC(=O)[C@H](C)NC(=O)[C@@H](NC(=O)CNC(=O)CNC(=O)CCC(=O)N3Cc4ccccc4C4=C(c5ccccc53)N(C(C)C)NN4)C(C)C)cc1)NC[C@@H]1CC(c3ccc(CO)cc3)=CN1C2=O. The second kappa shape index (κ2) is 32.4. The fourth-order valence-electron chi connectivity index (χ4n) is 14.7. The van der Waals surface area contributed by atoms with Gasteiger partial charge in [-0.3, -0.25) is 43.4 Å². The Morgan fingerprint density at radius 2 is 1.36 bits per heavy atom. The molecule has 572 valence electrons. The molecule has 5 atom stereocenters. The summed E-state index contributed by atoms with van der Waals surface area (Å²) in [6, 6.07) is 32.8. The third-order valence-electron chi connectivity index (χ3n) is 20.8. The monoisotopic (exact) mass is 1490 g/mol. The van der Waals surface area contributed by atoms with Crippen LogP contribution in [0.25, 0.3) is 17.0 Å². The molecule has 6 aromatic carbocycles. The maximum absolute atomic E-state index is 14.5. The lowest BCUT2D eigenvalue weighted by Crippen LogP contribution is -2.55. The zero-order valence-electron chi connectivity index (χ0n) is 61.8. The van der Waals surface area contributed by atoms with E-state index in [2.05, 4.69) is 56.7 Å². The van der Waals surface area contributed by atoms with E-state index in [1.807, 2.05) is 84.0 Å². The largest absolute Gasteiger partial charge is 0.493 e. The van der Waals surface area contributed by atoms with Gasteiger partial charge in [-0.15, -0.1) is 5.53 Å². The van der Waals surface area contributed by atoms with Crippen molar-refractivity contribution in [1.29, 1.82) is 0 Å². The van der Waals surface area contributed by atoms with E-state index in [1.165, 1.54) is 33.3 Å². The highest BCUT2D eigenvalue weighted by Gasteiger charge is 2.58. The highest BCUT2D eigenvalue weighted by Crippen LogP contribution is 2.57. The van der Waals surface area contributed by atoms with E-state index in [1.54, 1.807) is 64.9 Å². The molecule has 1 aliphatic carbocycles. The number of aliphatic hydroxyl groups is 2. The predicted octanol–water partition coefficient (Wildman–Crippen LogP) is 6.90. The number of amides is 9. The third-order valence-corrected chi connectivity index (χ3v) is 20.8. The number of carbonyl (C=O) groups is 9. The lowest BCUT2D eigenvalue weighted by Gasteiger charge is -2.32. The molecule has 7 aliphatic rings. The van der Waals surface area contributed by atoms with Gasteiger partial charge in [0.25, 0.3) is 11.8 Å². The standard InChI is InChI=1S/C80H91N13O16/c1-45(2)71(86-69(97)39-83-68(96)38-82-67(95)25-26-70(98)90-40-51-13-8-9-14-55(51)72-73(93(46(3)4)88-87-72)56-15-10-11-16-60(56)90)75(100)84-47(5)74(99)85-53-23-19-49(20-24-53)43-109-79(104)92-61-35-66(64(106-7)33-58(61)77(102)91-44-80(27-28-80)36-62(91)78(92)103)108-30-12-29-107-65-34-59-57(32-63(65)105-6)76(101)89-41-52(31-54(89)37-81-59)50-21-17-48(42-94)18-22-50/h8-11,13-24,32-35,41,45-47,54,62,71,78,81,87-88,94,103H,12,25-31,36-40,42-44H2,1-7H3,(H,82,95)(H,83,96)(H,84,100)(H,85,99)(H,86,97)/t47-,54-,62-,71-,78?/m0/s1. The second-order valence-corrected chi connectivity index (χ2v) is 29.0. The maximum atomic E-state index is 14.5. The van der Waals surface area contributed by atoms with Crippen LogP contribution in [0.5, 0.6) is 23.0 Å². The molecule has 6 heterocycles. The van der Waals surface area contributed by atoms with Crippen molar-refractivity contribution in [3.8, 4) is 23.0 Å². The number of fused-ring (bicyclic) bond motifs is 8. The Kier molecular flexibility index (Phi) is 22.5. The normalized spacial score (nSPS) is 18.2. The van der Waals surface area contributed by atoms with E-state index in [9.17, 15) is 53.4 Å². The fourth-order valence-corrected chi connectivity index (χ4v) is 14.7. The first kappa shape index (κ1) is 75.5. The predicted molar refractivity (Wildman–Crippen MR) is 404 cm³/mol. The number of hydrogen-bond donors (Lipinski definition) is 10. The van der Waals surface area contributed by atoms with Crippen LogP contribution >= 0.6 is 0 Å². The topological polar surface area (TPSA) is 353 Å². The van der Waals surface area contributed by atoms with Gasteiger partial charge < -0.3 is 85.9 Å². The first-order valence-corrected chi connectivity index (χ1v) is 36.7. The maximum Gasteiger partial charge on any atom is 0.416 e. The smallest absolute Gasteiger partial charge is 0.416 e. The van der Waals surface area contributed by atoms with Gasteiger partial charge in [0, 0.05) is 73.5 Å². The number of methoxy groups -OCH3 is 2. The van der Waals surface area contributed by atoms with E-state index in [4.69, 9.17) is 23.7 Å². The minimum Gasteiger partial charge on any atom is -0.493 e. The molecule has 6 aromatic rings. The number of para-hydroxylation sites is 1. The zero-order valence-corrected chi connectivity index (χ0v) is 61.8.